The Morgan fingerprint density at radius 1 is 1.02 bits per heavy atom. The second-order valence-corrected chi connectivity index (χ2v) is 16.8. The zero-order valence-electron chi connectivity index (χ0n) is 29.1. The van der Waals surface area contributed by atoms with E-state index < -0.39 is 9.84 Å². The number of piperidine rings is 1. The minimum Gasteiger partial charge on any atom is -0.494 e. The van der Waals surface area contributed by atoms with E-state index in [0.717, 1.165) is 70.5 Å². The summed E-state index contributed by atoms with van der Waals surface area (Å²) in [5.41, 5.74) is 12.9. The van der Waals surface area contributed by atoms with Crippen molar-refractivity contribution < 1.29 is 22.7 Å². The van der Waals surface area contributed by atoms with E-state index >= 15 is 0 Å². The zero-order valence-corrected chi connectivity index (χ0v) is 29.9. The minimum atomic E-state index is -3.14. The van der Waals surface area contributed by atoms with Gasteiger partial charge in [-0.15, -0.1) is 0 Å². The molecule has 2 bridgehead atoms. The third kappa shape index (κ3) is 6.37. The number of ether oxygens (including phenoxy) is 1. The average molecular weight is 710 g/mol. The molecule has 1 aliphatic heterocycles. The topological polar surface area (TPSA) is 154 Å². The molecular weight excluding hydrogens is 667 g/mol. The van der Waals surface area contributed by atoms with Gasteiger partial charge in [0.15, 0.2) is 5.82 Å². The second kappa shape index (κ2) is 12.8. The average Bonchev–Trinajstić information content (AvgIpc) is 3.51. The number of sulfone groups is 1. The molecule has 2 amide bonds. The molecule has 3 aliphatic rings. The highest BCUT2D eigenvalue weighted by Crippen LogP contribution is 2.40. The van der Waals surface area contributed by atoms with E-state index in [1.165, 1.54) is 12.8 Å². The minimum absolute atomic E-state index is 0.0227. The van der Waals surface area contributed by atoms with Gasteiger partial charge < -0.3 is 29.8 Å². The van der Waals surface area contributed by atoms with Crippen LogP contribution in [0.3, 0.4) is 0 Å². The molecule has 0 radical (unpaired) electrons. The fourth-order valence-electron chi connectivity index (χ4n) is 7.90. The Morgan fingerprint density at radius 3 is 2.47 bits per heavy atom. The molecule has 3 fully saturated rings. The predicted molar refractivity (Wildman–Crippen MR) is 196 cm³/mol. The van der Waals surface area contributed by atoms with Crippen molar-refractivity contribution in [3.63, 3.8) is 0 Å². The van der Waals surface area contributed by atoms with E-state index in [1.54, 1.807) is 7.11 Å². The van der Waals surface area contributed by atoms with Gasteiger partial charge in [-0.2, -0.15) is 0 Å². The molecule has 13 heteroatoms. The molecule has 1 saturated heterocycles. The Hall–Kier alpha value is -4.75. The second-order valence-electron chi connectivity index (χ2n) is 14.5. The number of aromatic nitrogens is 4. The Morgan fingerprint density at radius 2 is 1.80 bits per heavy atom. The van der Waals surface area contributed by atoms with Crippen LogP contribution in [0.15, 0.2) is 54.6 Å². The first-order chi connectivity index (χ1) is 24.5. The van der Waals surface area contributed by atoms with E-state index in [9.17, 15) is 18.0 Å². The van der Waals surface area contributed by atoms with Gasteiger partial charge >= 0.3 is 0 Å². The quantitative estimate of drug-likeness (QED) is 0.209. The van der Waals surface area contributed by atoms with Crippen molar-refractivity contribution in [2.75, 3.05) is 32.2 Å². The molecule has 266 valence electrons. The van der Waals surface area contributed by atoms with Crippen LogP contribution in [0.4, 0.5) is 0 Å². The summed E-state index contributed by atoms with van der Waals surface area (Å²) < 4.78 is 32.9. The Kier molecular flexibility index (Phi) is 8.37. The van der Waals surface area contributed by atoms with Crippen LogP contribution < -0.4 is 15.8 Å². The standard InChI is InChI=1S/C38H43N7O5S/c1-43-35-29(17-27(19-32(35)50-2)38(47)45-21-26-11-13-30(45)34(26)39)42-37(43)31-18-25-10-12-28(41-36(25)44(31)20-23-4-5-23)24-8-6-22(7-9-24)16-33(46)40-14-15-51(3,48)49/h6-10,12,17-19,23,26,30,34H,4-5,11,13-16,20-21,39H2,1-3H3,(H,40,46). The molecule has 2 saturated carbocycles. The number of nitrogens with two attached hydrogens (primary N) is 1. The molecule has 8 rings (SSSR count). The Bertz CT molecular complexity index is 2290. The molecule has 0 spiro atoms. The van der Waals surface area contributed by atoms with Gasteiger partial charge in [0.25, 0.3) is 5.91 Å². The van der Waals surface area contributed by atoms with Gasteiger partial charge in [-0.3, -0.25) is 9.59 Å². The SMILES string of the molecule is COc1cc(C(=O)N2CC3CCC2C3N)cc2nc(-c3cc4ccc(-c5ccc(CC(=O)NCCS(C)(=O)=O)cc5)nc4n3CC3CC3)n(C)c12. The Labute approximate surface area is 296 Å². The maximum Gasteiger partial charge on any atom is 0.254 e. The van der Waals surface area contributed by atoms with Gasteiger partial charge in [0.1, 0.15) is 26.8 Å². The summed E-state index contributed by atoms with van der Waals surface area (Å²) in [7, 11) is 0.476. The van der Waals surface area contributed by atoms with Crippen molar-refractivity contribution in [1.82, 2.24) is 29.3 Å². The number of nitrogens with zero attached hydrogens (tertiary/aromatic N) is 5. The number of fused-ring (bicyclic) bond motifs is 4. The van der Waals surface area contributed by atoms with E-state index in [-0.39, 0.29) is 42.6 Å². The normalized spacial score (nSPS) is 20.1. The fraction of sp³-hybridized carbons (Fsp3) is 0.421. The van der Waals surface area contributed by atoms with Crippen LogP contribution in [0.2, 0.25) is 0 Å². The van der Waals surface area contributed by atoms with Gasteiger partial charge in [-0.25, -0.2) is 18.4 Å². The highest BCUT2D eigenvalue weighted by atomic mass is 32.2. The van der Waals surface area contributed by atoms with E-state index in [4.69, 9.17) is 20.4 Å². The number of imidazole rings is 1. The van der Waals surface area contributed by atoms with Crippen LogP contribution >= 0.6 is 0 Å². The van der Waals surface area contributed by atoms with Gasteiger partial charge in [0.2, 0.25) is 5.91 Å². The van der Waals surface area contributed by atoms with E-state index in [2.05, 4.69) is 22.0 Å². The van der Waals surface area contributed by atoms with Gasteiger partial charge in [-0.1, -0.05) is 24.3 Å². The first-order valence-corrected chi connectivity index (χ1v) is 19.7. The molecule has 2 aliphatic carbocycles. The molecule has 51 heavy (non-hydrogen) atoms. The summed E-state index contributed by atoms with van der Waals surface area (Å²) in [5, 5.41) is 3.68. The van der Waals surface area contributed by atoms with Gasteiger partial charge in [-0.05, 0) is 73.4 Å². The molecular formula is C38H43N7O5S. The molecule has 3 atom stereocenters. The van der Waals surface area contributed by atoms with Crippen LogP contribution in [0, 0.1) is 11.8 Å². The van der Waals surface area contributed by atoms with Crippen LogP contribution in [-0.4, -0.2) is 88.5 Å². The predicted octanol–water partition coefficient (Wildman–Crippen LogP) is 3.94. The molecule has 3 aromatic heterocycles. The molecule has 5 aromatic rings. The van der Waals surface area contributed by atoms with E-state index in [0.29, 0.717) is 35.2 Å². The van der Waals surface area contributed by atoms with Crippen molar-refractivity contribution >= 4 is 43.7 Å². The number of pyridine rings is 1. The lowest BCUT2D eigenvalue weighted by Gasteiger charge is -2.27. The number of rotatable bonds is 11. The molecule has 4 heterocycles. The fourth-order valence-corrected chi connectivity index (χ4v) is 8.37. The number of methoxy groups -OCH3 is 1. The summed E-state index contributed by atoms with van der Waals surface area (Å²) in [5.74, 6) is 1.99. The smallest absolute Gasteiger partial charge is 0.254 e. The lowest BCUT2D eigenvalue weighted by molar-refractivity contribution is -0.120. The zero-order chi connectivity index (χ0) is 35.6. The third-order valence-corrected chi connectivity index (χ3v) is 11.8. The molecule has 3 unspecified atom stereocenters. The highest BCUT2D eigenvalue weighted by Gasteiger charge is 2.47. The monoisotopic (exact) mass is 709 g/mol. The summed E-state index contributed by atoms with van der Waals surface area (Å²) >= 11 is 0. The van der Waals surface area contributed by atoms with Crippen molar-refractivity contribution in [2.24, 2.45) is 24.6 Å². The van der Waals surface area contributed by atoms with Gasteiger partial charge in [0.05, 0.1) is 36.2 Å². The Balaban J connectivity index is 1.10. The summed E-state index contributed by atoms with van der Waals surface area (Å²) in [6.45, 7) is 1.62. The number of benzene rings is 2. The molecule has 12 nitrogen and oxygen atoms in total. The number of amides is 2. The lowest BCUT2D eigenvalue weighted by Crippen LogP contribution is -2.41. The summed E-state index contributed by atoms with van der Waals surface area (Å²) in [4.78, 5) is 38.3. The largest absolute Gasteiger partial charge is 0.494 e. The van der Waals surface area contributed by atoms with Crippen LogP contribution in [-0.2, 0) is 34.6 Å². The lowest BCUT2D eigenvalue weighted by atomic mass is 10.1. The first-order valence-electron chi connectivity index (χ1n) is 17.6. The molecule has 3 N–H and O–H groups in total. The number of hydrogen-bond donors (Lipinski definition) is 2. The van der Waals surface area contributed by atoms with E-state index in [1.807, 2.05) is 59.0 Å². The van der Waals surface area contributed by atoms with Crippen LogP contribution in [0.25, 0.3) is 44.8 Å². The highest BCUT2D eigenvalue weighted by molar-refractivity contribution is 7.90. The maximum absolute atomic E-state index is 13.8. The van der Waals surface area contributed by atoms with Gasteiger partial charge in [0, 0.05) is 61.5 Å². The number of hydrogen-bond acceptors (Lipinski definition) is 8. The molecule has 2 aromatic carbocycles. The van der Waals surface area contributed by atoms with Crippen LogP contribution in [0.5, 0.6) is 5.75 Å². The number of likely N-dealkylation sites (tertiary alicyclic amines) is 1. The summed E-state index contributed by atoms with van der Waals surface area (Å²) in [6, 6.07) is 17.8. The van der Waals surface area contributed by atoms with Crippen molar-refractivity contribution in [1.29, 1.82) is 0 Å². The first kappa shape index (κ1) is 33.4. The van der Waals surface area contributed by atoms with Crippen molar-refractivity contribution in [2.45, 2.75) is 50.7 Å². The van der Waals surface area contributed by atoms with Crippen molar-refractivity contribution in [3.8, 4) is 28.5 Å². The number of aryl methyl sites for hydroxylation is 1. The number of carbonyl (C=O) groups is 2. The van der Waals surface area contributed by atoms with Crippen LogP contribution in [0.1, 0.15) is 41.6 Å². The maximum atomic E-state index is 13.8. The third-order valence-electron chi connectivity index (χ3n) is 10.8. The van der Waals surface area contributed by atoms with Crippen molar-refractivity contribution in [3.05, 3.63) is 65.7 Å². The number of nitrogens with one attached hydrogen (secondary N) is 1. The summed E-state index contributed by atoms with van der Waals surface area (Å²) in [6.07, 6.45) is 5.69. The number of carbonyl (C=O) groups excluding carboxylic acids is 2.